The molecule has 0 saturated heterocycles. The fraction of sp³-hybridized carbons (Fsp3) is 0.714. The van der Waals surface area contributed by atoms with Crippen LogP contribution < -0.4 is 0 Å². The minimum atomic E-state index is -1.01. The highest BCUT2D eigenvalue weighted by molar-refractivity contribution is 8.76. The highest BCUT2D eigenvalue weighted by Gasteiger charge is 2.15. The van der Waals surface area contributed by atoms with Crippen molar-refractivity contribution in [2.75, 3.05) is 25.6 Å². The number of rotatable bonds is 8. The lowest BCUT2D eigenvalue weighted by atomic mass is 10.4. The van der Waals surface area contributed by atoms with Gasteiger partial charge in [0.15, 0.2) is 0 Å². The molecule has 0 saturated carbocycles. The molecule has 0 aromatic heterocycles. The summed E-state index contributed by atoms with van der Waals surface area (Å²) in [6.45, 7) is 0.610. The summed E-state index contributed by atoms with van der Waals surface area (Å²) < 4.78 is 2.38. The monoisotopic (exact) mass is 318 g/mol. The predicted molar refractivity (Wildman–Crippen MR) is 76.3 cm³/mol. The standard InChI is InChI=1S/C7H14N2O4S4/c1-14-16-8(6(10)11)4-3-5-9(7(12)13)17-15-2/h3-5H2,1-2H3,(H,10,11)(H,12,13). The van der Waals surface area contributed by atoms with E-state index < -0.39 is 12.2 Å². The van der Waals surface area contributed by atoms with Crippen LogP contribution in [0.4, 0.5) is 9.59 Å². The largest absolute Gasteiger partial charge is 0.464 e. The Morgan fingerprint density at radius 2 is 1.29 bits per heavy atom. The minimum Gasteiger partial charge on any atom is -0.464 e. The van der Waals surface area contributed by atoms with Crippen molar-refractivity contribution in [1.29, 1.82) is 0 Å². The molecule has 0 aliphatic carbocycles. The number of nitrogens with zero attached hydrogens (tertiary/aromatic N) is 2. The van der Waals surface area contributed by atoms with E-state index in [0.29, 0.717) is 19.5 Å². The van der Waals surface area contributed by atoms with Crippen molar-refractivity contribution < 1.29 is 19.8 Å². The Balaban J connectivity index is 3.99. The number of carboxylic acid groups (broad SMARTS) is 2. The van der Waals surface area contributed by atoms with Crippen molar-refractivity contribution in [3.05, 3.63) is 0 Å². The van der Waals surface area contributed by atoms with E-state index in [1.807, 2.05) is 0 Å². The smallest absolute Gasteiger partial charge is 0.418 e. The molecule has 0 aromatic carbocycles. The maximum atomic E-state index is 10.8. The Labute approximate surface area is 116 Å². The topological polar surface area (TPSA) is 81.1 Å². The highest BCUT2D eigenvalue weighted by atomic mass is 33.1. The van der Waals surface area contributed by atoms with E-state index in [9.17, 15) is 9.59 Å². The summed E-state index contributed by atoms with van der Waals surface area (Å²) in [5, 5.41) is 17.7. The van der Waals surface area contributed by atoms with Crippen molar-refractivity contribution in [2.24, 2.45) is 0 Å². The molecule has 2 amide bonds. The van der Waals surface area contributed by atoms with Crippen molar-refractivity contribution in [3.63, 3.8) is 0 Å². The first kappa shape index (κ1) is 16.9. The third-order valence-corrected chi connectivity index (χ3v) is 4.79. The molecule has 0 radical (unpaired) electrons. The van der Waals surface area contributed by atoms with Gasteiger partial charge in [0.05, 0.1) is 0 Å². The zero-order valence-corrected chi connectivity index (χ0v) is 12.6. The fourth-order valence-electron chi connectivity index (χ4n) is 0.867. The van der Waals surface area contributed by atoms with Gasteiger partial charge in [-0.3, -0.25) is 0 Å². The van der Waals surface area contributed by atoms with E-state index >= 15 is 0 Å². The summed E-state index contributed by atoms with van der Waals surface area (Å²) in [6.07, 6.45) is 2.02. The molecule has 0 aliphatic rings. The SMILES string of the molecule is CSSN(CCCN(SSC)C(=O)O)C(=O)O. The molecule has 0 heterocycles. The molecule has 2 N–H and O–H groups in total. The van der Waals surface area contributed by atoms with Crippen molar-refractivity contribution >= 4 is 55.7 Å². The van der Waals surface area contributed by atoms with Crippen LogP contribution in [0.3, 0.4) is 0 Å². The second-order valence-corrected chi connectivity index (χ2v) is 7.35. The summed E-state index contributed by atoms with van der Waals surface area (Å²) in [6, 6.07) is 0. The summed E-state index contributed by atoms with van der Waals surface area (Å²) in [4.78, 5) is 21.6. The highest BCUT2D eigenvalue weighted by Crippen LogP contribution is 2.25. The summed E-state index contributed by atoms with van der Waals surface area (Å²) in [5.41, 5.74) is 0. The first-order valence-corrected chi connectivity index (χ1v) is 9.48. The zero-order valence-electron chi connectivity index (χ0n) is 9.36. The second-order valence-electron chi connectivity index (χ2n) is 2.61. The molecule has 0 bridgehead atoms. The van der Waals surface area contributed by atoms with E-state index in [-0.39, 0.29) is 0 Å². The van der Waals surface area contributed by atoms with Crippen LogP contribution in [0.2, 0.25) is 0 Å². The van der Waals surface area contributed by atoms with Crippen LogP contribution in [0.25, 0.3) is 0 Å². The molecule has 0 unspecified atom stereocenters. The number of hydrogen-bond acceptors (Lipinski definition) is 6. The molecule has 0 fully saturated rings. The van der Waals surface area contributed by atoms with Crippen LogP contribution in [-0.2, 0) is 0 Å². The Morgan fingerprint density at radius 3 is 1.53 bits per heavy atom. The minimum absolute atomic E-state index is 0.305. The molecule has 6 nitrogen and oxygen atoms in total. The summed E-state index contributed by atoms with van der Waals surface area (Å²) in [5.74, 6) is 0. The zero-order chi connectivity index (χ0) is 13.3. The molecule has 17 heavy (non-hydrogen) atoms. The van der Waals surface area contributed by atoms with Gasteiger partial charge in [-0.05, 0) is 18.9 Å². The Morgan fingerprint density at radius 1 is 0.941 bits per heavy atom. The van der Waals surface area contributed by atoms with E-state index in [2.05, 4.69) is 0 Å². The van der Waals surface area contributed by atoms with Crippen LogP contribution in [0.5, 0.6) is 0 Å². The fourth-order valence-corrected chi connectivity index (χ4v) is 3.67. The van der Waals surface area contributed by atoms with Gasteiger partial charge in [0.25, 0.3) is 0 Å². The van der Waals surface area contributed by atoms with Crippen molar-refractivity contribution in [1.82, 2.24) is 8.61 Å². The Bertz CT molecular complexity index is 232. The molecule has 10 heteroatoms. The summed E-state index contributed by atoms with van der Waals surface area (Å²) in [7, 11) is 4.93. The van der Waals surface area contributed by atoms with Crippen LogP contribution in [0, 0.1) is 0 Å². The van der Waals surface area contributed by atoms with E-state index in [1.165, 1.54) is 30.2 Å². The maximum absolute atomic E-state index is 10.8. The van der Waals surface area contributed by atoms with Gasteiger partial charge in [-0.15, -0.1) is 0 Å². The number of carbonyl (C=O) groups is 2. The molecule has 0 aliphatic heterocycles. The lowest BCUT2D eigenvalue weighted by Gasteiger charge is -2.19. The molecule has 0 aromatic rings. The van der Waals surface area contributed by atoms with Gasteiger partial charge in [-0.2, -0.15) is 0 Å². The second kappa shape index (κ2) is 9.92. The Hall–Kier alpha value is -0.0600. The number of hydrogen-bond donors (Lipinski definition) is 2. The Kier molecular flexibility index (Phi) is 9.88. The van der Waals surface area contributed by atoms with E-state index in [0.717, 1.165) is 22.0 Å². The van der Waals surface area contributed by atoms with Gasteiger partial charge in [0.2, 0.25) is 0 Å². The lowest BCUT2D eigenvalue weighted by molar-refractivity contribution is 0.171. The van der Waals surface area contributed by atoms with Crippen LogP contribution in [0.15, 0.2) is 0 Å². The van der Waals surface area contributed by atoms with E-state index in [1.54, 1.807) is 12.5 Å². The number of amides is 2. The molecular weight excluding hydrogens is 304 g/mol. The van der Waals surface area contributed by atoms with Gasteiger partial charge in [-0.25, -0.2) is 18.2 Å². The van der Waals surface area contributed by atoms with Crippen LogP contribution >= 0.6 is 43.5 Å². The third kappa shape index (κ3) is 7.79. The summed E-state index contributed by atoms with van der Waals surface area (Å²) >= 11 is 0. The van der Waals surface area contributed by atoms with Crippen LogP contribution in [0.1, 0.15) is 6.42 Å². The molecule has 0 spiro atoms. The molecular formula is C7H14N2O4S4. The molecule has 100 valence electrons. The third-order valence-electron chi connectivity index (χ3n) is 1.48. The quantitative estimate of drug-likeness (QED) is 0.521. The van der Waals surface area contributed by atoms with Crippen molar-refractivity contribution in [3.8, 4) is 0 Å². The molecule has 0 atom stereocenters. The van der Waals surface area contributed by atoms with Gasteiger partial charge < -0.3 is 10.2 Å². The average Bonchev–Trinajstić information content (AvgIpc) is 2.26. The van der Waals surface area contributed by atoms with Gasteiger partial charge in [0, 0.05) is 35.0 Å². The normalized spacial score (nSPS) is 10.0. The average molecular weight is 318 g/mol. The van der Waals surface area contributed by atoms with Crippen molar-refractivity contribution in [2.45, 2.75) is 6.42 Å². The lowest BCUT2D eigenvalue weighted by Crippen LogP contribution is -2.28. The first-order valence-electron chi connectivity index (χ1n) is 4.45. The maximum Gasteiger partial charge on any atom is 0.418 e. The predicted octanol–water partition coefficient (Wildman–Crippen LogP) is 3.19. The van der Waals surface area contributed by atoms with Gasteiger partial charge in [0.1, 0.15) is 0 Å². The van der Waals surface area contributed by atoms with Gasteiger partial charge >= 0.3 is 12.2 Å². The van der Waals surface area contributed by atoms with E-state index in [4.69, 9.17) is 10.2 Å². The first-order chi connectivity index (χ1) is 8.02. The molecule has 0 rings (SSSR count). The van der Waals surface area contributed by atoms with Crippen LogP contribution in [-0.4, -0.2) is 56.6 Å². The van der Waals surface area contributed by atoms with Gasteiger partial charge in [-0.1, -0.05) is 21.6 Å².